The van der Waals surface area contributed by atoms with Gasteiger partial charge in [-0.05, 0) is 54.1 Å². The van der Waals surface area contributed by atoms with Crippen LogP contribution >= 0.6 is 23.2 Å². The summed E-state index contributed by atoms with van der Waals surface area (Å²) in [7, 11) is -1.54. The molecule has 1 aromatic heterocycles. The van der Waals surface area contributed by atoms with Gasteiger partial charge in [-0.2, -0.15) is 4.31 Å². The summed E-state index contributed by atoms with van der Waals surface area (Å²) in [4.78, 5) is 32.3. The molecule has 0 N–H and O–H groups in total. The topological polar surface area (TPSA) is 86.2 Å². The lowest BCUT2D eigenvalue weighted by Gasteiger charge is -2.35. The number of likely N-dealkylation sites (tertiary alicyclic amines) is 1. The molecule has 0 unspecified atom stereocenters. The number of aromatic nitrogens is 1. The van der Waals surface area contributed by atoms with Crippen LogP contribution < -0.4 is 0 Å². The summed E-state index contributed by atoms with van der Waals surface area (Å²) in [5.74, 6) is -0.339. The molecule has 0 spiro atoms. The van der Waals surface area contributed by atoms with Gasteiger partial charge in [0.1, 0.15) is 0 Å². The van der Waals surface area contributed by atoms with Crippen LogP contribution in [0.5, 0.6) is 0 Å². The highest BCUT2D eigenvalue weighted by atomic mass is 35.5. The number of amides is 3. The van der Waals surface area contributed by atoms with E-state index in [-0.39, 0.29) is 37.0 Å². The second-order valence-corrected chi connectivity index (χ2v) is 13.0. The van der Waals surface area contributed by atoms with Crippen LogP contribution in [0.2, 0.25) is 10.0 Å². The molecule has 212 valence electrons. The van der Waals surface area contributed by atoms with E-state index in [0.29, 0.717) is 41.8 Å². The maximum atomic E-state index is 13.6. The van der Waals surface area contributed by atoms with Crippen LogP contribution in [0, 0.1) is 0 Å². The number of halogens is 2. The second-order valence-electron chi connectivity index (χ2n) is 10.2. The monoisotopic (exact) mass is 603 g/mol. The smallest absolute Gasteiger partial charge is 0.320 e. The lowest BCUT2D eigenvalue weighted by molar-refractivity contribution is 0.0723. The second kappa shape index (κ2) is 11.4. The van der Waals surface area contributed by atoms with Gasteiger partial charge < -0.3 is 19.3 Å². The molecule has 40 heavy (non-hydrogen) atoms. The number of carbonyl (C=O) groups excluding carboxylic acids is 2. The first-order valence-corrected chi connectivity index (χ1v) is 15.6. The van der Waals surface area contributed by atoms with Crippen LogP contribution in [0.25, 0.3) is 5.69 Å². The number of nitrogens with zero attached hydrogens (tertiary/aromatic N) is 5. The van der Waals surface area contributed by atoms with Gasteiger partial charge in [0.25, 0.3) is 5.91 Å². The molecule has 2 aliphatic heterocycles. The normalized spacial score (nSPS) is 20.1. The Morgan fingerprint density at radius 3 is 2.12 bits per heavy atom. The molecule has 0 aliphatic carbocycles. The van der Waals surface area contributed by atoms with E-state index in [1.54, 1.807) is 33.9 Å². The molecule has 3 aromatic rings. The first-order valence-electron chi connectivity index (χ1n) is 13.0. The van der Waals surface area contributed by atoms with Crippen molar-refractivity contribution in [3.63, 3.8) is 0 Å². The van der Waals surface area contributed by atoms with Crippen molar-refractivity contribution in [2.45, 2.75) is 12.0 Å². The SMILES string of the molecule is CN(C(=O)c1ccc(-n2cccc2)cc1)[C@@H]1CN(C(=O)N2CCN(S(C)(=O)=O)CC2)C[C@H]1c1ccc(Cl)c(Cl)c1. The number of carbonyl (C=O) groups is 2. The number of hydrogen-bond donors (Lipinski definition) is 0. The summed E-state index contributed by atoms with van der Waals surface area (Å²) < 4.78 is 27.2. The average molecular weight is 605 g/mol. The minimum Gasteiger partial charge on any atom is -0.336 e. The molecule has 2 aliphatic rings. The number of piperazine rings is 1. The first kappa shape index (κ1) is 28.5. The minimum atomic E-state index is -3.30. The van der Waals surface area contributed by atoms with Gasteiger partial charge in [0.05, 0.1) is 22.3 Å². The van der Waals surface area contributed by atoms with Gasteiger partial charge in [-0.15, -0.1) is 0 Å². The molecule has 2 saturated heterocycles. The van der Waals surface area contributed by atoms with Gasteiger partial charge >= 0.3 is 6.03 Å². The Morgan fingerprint density at radius 1 is 0.875 bits per heavy atom. The number of sulfonamides is 1. The fourth-order valence-electron chi connectivity index (χ4n) is 5.45. The molecule has 2 atom stereocenters. The van der Waals surface area contributed by atoms with Crippen molar-refractivity contribution >= 4 is 45.2 Å². The van der Waals surface area contributed by atoms with Crippen molar-refractivity contribution in [3.8, 4) is 5.69 Å². The summed E-state index contributed by atoms with van der Waals surface area (Å²) in [6.07, 6.45) is 5.06. The van der Waals surface area contributed by atoms with Crippen LogP contribution in [0.15, 0.2) is 67.0 Å². The Bertz CT molecular complexity index is 1490. The third kappa shape index (κ3) is 5.85. The fourth-order valence-corrected chi connectivity index (χ4v) is 6.59. The fraction of sp³-hybridized carbons (Fsp3) is 0.357. The van der Waals surface area contributed by atoms with Crippen molar-refractivity contribution in [2.75, 3.05) is 52.6 Å². The number of hydrogen-bond acceptors (Lipinski definition) is 4. The zero-order valence-corrected chi connectivity index (χ0v) is 24.6. The zero-order chi connectivity index (χ0) is 28.6. The van der Waals surface area contributed by atoms with E-state index in [2.05, 4.69) is 0 Å². The largest absolute Gasteiger partial charge is 0.336 e. The Kier molecular flexibility index (Phi) is 8.15. The average Bonchev–Trinajstić information content (AvgIpc) is 3.64. The van der Waals surface area contributed by atoms with Crippen LogP contribution in [0.1, 0.15) is 21.8 Å². The molecular weight excluding hydrogens is 573 g/mol. The van der Waals surface area contributed by atoms with E-state index >= 15 is 0 Å². The zero-order valence-electron chi connectivity index (χ0n) is 22.3. The van der Waals surface area contributed by atoms with Gasteiger partial charge in [0.15, 0.2) is 0 Å². The molecule has 9 nitrogen and oxygen atoms in total. The summed E-state index contributed by atoms with van der Waals surface area (Å²) >= 11 is 12.5. The Hall–Kier alpha value is -3.05. The molecule has 12 heteroatoms. The summed E-state index contributed by atoms with van der Waals surface area (Å²) in [5, 5.41) is 0.845. The lowest BCUT2D eigenvalue weighted by Crippen LogP contribution is -2.53. The molecular formula is C28H31Cl2N5O4S. The van der Waals surface area contributed by atoms with Gasteiger partial charge in [-0.25, -0.2) is 13.2 Å². The molecule has 2 fully saturated rings. The standard InChI is InChI=1S/C28H31Cl2N5O4S/c1-31(27(36)20-5-8-22(9-6-20)32-11-3-4-12-32)26-19-34(18-23(26)21-7-10-24(29)25(30)17-21)28(37)33-13-15-35(16-14-33)40(2,38)39/h3-12,17,23,26H,13-16,18-19H2,1-2H3/t23-,26+/m0/s1. The van der Waals surface area contributed by atoms with Gasteiger partial charge in [-0.3, -0.25) is 4.79 Å². The molecule has 3 heterocycles. The van der Waals surface area contributed by atoms with Crippen LogP contribution in [0.3, 0.4) is 0 Å². The first-order chi connectivity index (χ1) is 19.0. The van der Waals surface area contributed by atoms with Crippen molar-refractivity contribution in [3.05, 3.63) is 88.2 Å². The molecule has 5 rings (SSSR count). The number of rotatable bonds is 5. The molecule has 0 bridgehead atoms. The van der Waals surface area contributed by atoms with Crippen molar-refractivity contribution in [1.82, 2.24) is 23.6 Å². The van der Waals surface area contributed by atoms with E-state index in [9.17, 15) is 18.0 Å². The maximum absolute atomic E-state index is 13.6. The minimum absolute atomic E-state index is 0.148. The van der Waals surface area contributed by atoms with Crippen molar-refractivity contribution in [1.29, 1.82) is 0 Å². The van der Waals surface area contributed by atoms with Crippen LogP contribution in [-0.2, 0) is 10.0 Å². The van der Waals surface area contributed by atoms with Crippen molar-refractivity contribution < 1.29 is 18.0 Å². The predicted molar refractivity (Wildman–Crippen MR) is 156 cm³/mol. The van der Waals surface area contributed by atoms with Gasteiger partial charge in [0, 0.05) is 75.9 Å². The summed E-state index contributed by atoms with van der Waals surface area (Å²) in [6, 6.07) is 16.2. The maximum Gasteiger partial charge on any atom is 0.320 e. The van der Waals surface area contributed by atoms with Crippen LogP contribution in [-0.4, -0.2) is 103 Å². The summed E-state index contributed by atoms with van der Waals surface area (Å²) in [5.41, 5.74) is 2.39. The Morgan fingerprint density at radius 2 is 1.52 bits per heavy atom. The highest BCUT2D eigenvalue weighted by molar-refractivity contribution is 7.88. The van der Waals surface area contributed by atoms with Gasteiger partial charge in [0.2, 0.25) is 10.0 Å². The highest BCUT2D eigenvalue weighted by Crippen LogP contribution is 2.35. The highest BCUT2D eigenvalue weighted by Gasteiger charge is 2.42. The lowest BCUT2D eigenvalue weighted by atomic mass is 9.93. The van der Waals surface area contributed by atoms with Gasteiger partial charge in [-0.1, -0.05) is 29.3 Å². The summed E-state index contributed by atoms with van der Waals surface area (Å²) in [6.45, 7) is 1.86. The molecule has 0 radical (unpaired) electrons. The number of likely N-dealkylation sites (N-methyl/N-ethyl adjacent to an activating group) is 1. The Balaban J connectivity index is 1.36. The van der Waals surface area contributed by atoms with E-state index in [0.717, 1.165) is 11.3 Å². The van der Waals surface area contributed by atoms with E-state index < -0.39 is 10.0 Å². The predicted octanol–water partition coefficient (Wildman–Crippen LogP) is 4.02. The third-order valence-corrected chi connectivity index (χ3v) is 9.79. The Labute approximate surface area is 244 Å². The van der Waals surface area contributed by atoms with E-state index in [1.165, 1.54) is 10.6 Å². The number of benzene rings is 2. The van der Waals surface area contributed by atoms with Crippen molar-refractivity contribution in [2.24, 2.45) is 0 Å². The van der Waals surface area contributed by atoms with Crippen LogP contribution in [0.4, 0.5) is 4.79 Å². The number of urea groups is 1. The molecule has 2 aromatic carbocycles. The van der Waals surface area contributed by atoms with E-state index in [1.807, 2.05) is 59.4 Å². The quantitative estimate of drug-likeness (QED) is 0.441. The van der Waals surface area contributed by atoms with E-state index in [4.69, 9.17) is 23.2 Å². The third-order valence-electron chi connectivity index (χ3n) is 7.74. The molecule has 3 amide bonds. The molecule has 0 saturated carbocycles.